The maximum Gasteiger partial charge on any atom is 0.225 e. The number of hydrogen-bond donors (Lipinski definition) is 3. The van der Waals surface area contributed by atoms with Crippen molar-refractivity contribution in [1.82, 2.24) is 19.5 Å². The SMILES string of the molecule is NC(=O)[C@H]1CC[C@H](n2c(Nc3c(F)cc(Cl)cc3F)nc3cnc(N[C@H]4CCOC4)nc32)CC1. The van der Waals surface area contributed by atoms with Crippen LogP contribution in [0.3, 0.4) is 0 Å². The number of carbonyl (C=O) groups excluding carboxylic acids is 1. The van der Waals surface area contributed by atoms with Crippen LogP contribution in [-0.4, -0.2) is 44.7 Å². The highest BCUT2D eigenvalue weighted by Crippen LogP contribution is 2.37. The van der Waals surface area contributed by atoms with Crippen molar-refractivity contribution < 1.29 is 18.3 Å². The number of rotatable bonds is 6. The van der Waals surface area contributed by atoms with Crippen molar-refractivity contribution in [2.24, 2.45) is 11.7 Å². The molecule has 1 saturated heterocycles. The van der Waals surface area contributed by atoms with E-state index in [1.165, 1.54) is 0 Å². The summed E-state index contributed by atoms with van der Waals surface area (Å²) in [5.74, 6) is -1.53. The van der Waals surface area contributed by atoms with Gasteiger partial charge in [0.2, 0.25) is 17.8 Å². The predicted molar refractivity (Wildman–Crippen MR) is 123 cm³/mol. The molecule has 1 aliphatic heterocycles. The quantitative estimate of drug-likeness (QED) is 0.478. The molecule has 12 heteroatoms. The largest absolute Gasteiger partial charge is 0.379 e. The molecule has 0 bridgehead atoms. The Balaban J connectivity index is 1.54. The molecule has 9 nitrogen and oxygen atoms in total. The molecule has 2 fully saturated rings. The van der Waals surface area contributed by atoms with Crippen LogP contribution in [0.15, 0.2) is 18.3 Å². The van der Waals surface area contributed by atoms with Crippen molar-refractivity contribution in [3.8, 4) is 0 Å². The first-order chi connectivity index (χ1) is 16.4. The van der Waals surface area contributed by atoms with Crippen LogP contribution in [0, 0.1) is 17.6 Å². The molecule has 2 aliphatic rings. The lowest BCUT2D eigenvalue weighted by Gasteiger charge is -2.29. The number of imidazole rings is 1. The number of ether oxygens (including phenoxy) is 1. The van der Waals surface area contributed by atoms with Crippen molar-refractivity contribution in [3.05, 3.63) is 35.0 Å². The Morgan fingerprint density at radius 2 is 1.88 bits per heavy atom. The first-order valence-electron chi connectivity index (χ1n) is 11.2. The molecule has 34 heavy (non-hydrogen) atoms. The second-order valence-corrected chi connectivity index (χ2v) is 9.13. The number of primary amides is 1. The number of amides is 1. The highest BCUT2D eigenvalue weighted by molar-refractivity contribution is 6.30. The van der Waals surface area contributed by atoms with E-state index in [2.05, 4.69) is 25.6 Å². The summed E-state index contributed by atoms with van der Waals surface area (Å²) in [5.41, 5.74) is 6.13. The summed E-state index contributed by atoms with van der Waals surface area (Å²) in [4.78, 5) is 25.2. The second kappa shape index (κ2) is 9.30. The molecule has 0 unspecified atom stereocenters. The molecule has 0 spiro atoms. The van der Waals surface area contributed by atoms with Crippen molar-refractivity contribution in [3.63, 3.8) is 0 Å². The van der Waals surface area contributed by atoms with Crippen molar-refractivity contribution in [2.45, 2.75) is 44.2 Å². The maximum absolute atomic E-state index is 14.5. The van der Waals surface area contributed by atoms with Crippen LogP contribution in [0.2, 0.25) is 5.02 Å². The molecule has 3 heterocycles. The summed E-state index contributed by atoms with van der Waals surface area (Å²) in [6, 6.07) is 2.07. The van der Waals surface area contributed by atoms with Gasteiger partial charge in [-0.05, 0) is 44.2 Å². The highest BCUT2D eigenvalue weighted by Gasteiger charge is 2.30. The first-order valence-corrected chi connectivity index (χ1v) is 11.6. The summed E-state index contributed by atoms with van der Waals surface area (Å²) in [7, 11) is 0. The van der Waals surface area contributed by atoms with Gasteiger partial charge in [-0.25, -0.2) is 18.7 Å². The van der Waals surface area contributed by atoms with Gasteiger partial charge in [0.1, 0.15) is 11.2 Å². The normalized spacial score (nSPS) is 22.7. The third-order valence-corrected chi connectivity index (χ3v) is 6.62. The fourth-order valence-corrected chi connectivity index (χ4v) is 4.81. The van der Waals surface area contributed by atoms with Crippen LogP contribution in [0.4, 0.5) is 26.4 Å². The Morgan fingerprint density at radius 3 is 2.53 bits per heavy atom. The van der Waals surface area contributed by atoms with Gasteiger partial charge in [0, 0.05) is 23.6 Å². The molecule has 4 N–H and O–H groups in total. The number of nitrogens with one attached hydrogen (secondary N) is 2. The monoisotopic (exact) mass is 491 g/mol. The molecule has 0 radical (unpaired) electrons. The van der Waals surface area contributed by atoms with Gasteiger partial charge in [0.05, 0.1) is 18.8 Å². The molecular formula is C22H24ClF2N7O2. The fraction of sp³-hybridized carbons (Fsp3) is 0.455. The van der Waals surface area contributed by atoms with E-state index in [1.807, 2.05) is 4.57 Å². The average molecular weight is 492 g/mol. The number of halogens is 3. The summed E-state index contributed by atoms with van der Waals surface area (Å²) in [6.45, 7) is 1.24. The van der Waals surface area contributed by atoms with Gasteiger partial charge in [-0.1, -0.05) is 11.6 Å². The smallest absolute Gasteiger partial charge is 0.225 e. The number of anilines is 3. The third kappa shape index (κ3) is 4.49. The second-order valence-electron chi connectivity index (χ2n) is 8.69. The van der Waals surface area contributed by atoms with Crippen molar-refractivity contribution in [1.29, 1.82) is 0 Å². The standard InChI is InChI=1S/C22H24ClF2N7O2/c23-12-7-15(24)18(16(25)8-12)30-22-29-17-9-27-21(28-13-5-6-34-10-13)31-20(17)32(22)14-3-1-11(2-4-14)19(26)33/h7-9,11,13-14H,1-6,10H2,(H2,26,33)(H,29,30)(H,27,28,31)/t11-,13-,14-/m0/s1. The molecule has 1 aliphatic carbocycles. The zero-order valence-electron chi connectivity index (χ0n) is 18.2. The zero-order chi connectivity index (χ0) is 23.8. The molecule has 1 amide bonds. The topological polar surface area (TPSA) is 120 Å². The molecule has 1 saturated carbocycles. The lowest BCUT2D eigenvalue weighted by atomic mass is 9.85. The van der Waals surface area contributed by atoms with Crippen LogP contribution in [0.1, 0.15) is 38.1 Å². The van der Waals surface area contributed by atoms with Gasteiger partial charge >= 0.3 is 0 Å². The van der Waals surface area contributed by atoms with Crippen molar-refractivity contribution in [2.75, 3.05) is 23.8 Å². The number of nitrogens with zero attached hydrogens (tertiary/aromatic N) is 4. The van der Waals surface area contributed by atoms with E-state index >= 15 is 0 Å². The van der Waals surface area contributed by atoms with Crippen LogP contribution in [0.5, 0.6) is 0 Å². The number of benzene rings is 1. The summed E-state index contributed by atoms with van der Waals surface area (Å²) >= 11 is 5.77. The number of carbonyl (C=O) groups is 1. The number of fused-ring (bicyclic) bond motifs is 1. The maximum atomic E-state index is 14.5. The lowest BCUT2D eigenvalue weighted by Crippen LogP contribution is -2.29. The van der Waals surface area contributed by atoms with E-state index < -0.39 is 11.6 Å². The van der Waals surface area contributed by atoms with Gasteiger partial charge in [0.15, 0.2) is 17.3 Å². The van der Waals surface area contributed by atoms with Gasteiger partial charge in [-0.3, -0.25) is 9.36 Å². The molecule has 1 aromatic carbocycles. The van der Waals surface area contributed by atoms with Gasteiger partial charge in [-0.15, -0.1) is 0 Å². The molecule has 180 valence electrons. The molecule has 5 rings (SSSR count). The van der Waals surface area contributed by atoms with E-state index in [0.717, 1.165) is 18.6 Å². The summed E-state index contributed by atoms with van der Waals surface area (Å²) in [6.07, 6.45) is 4.92. The van der Waals surface area contributed by atoms with E-state index in [0.29, 0.717) is 56.0 Å². The van der Waals surface area contributed by atoms with Gasteiger partial charge in [-0.2, -0.15) is 4.98 Å². The third-order valence-electron chi connectivity index (χ3n) is 6.40. The molecular weight excluding hydrogens is 468 g/mol. The Bertz CT molecular complexity index is 1200. The summed E-state index contributed by atoms with van der Waals surface area (Å²) < 4.78 is 36.3. The molecule has 1 atom stereocenters. The first kappa shape index (κ1) is 22.7. The minimum Gasteiger partial charge on any atom is -0.379 e. The predicted octanol–water partition coefficient (Wildman–Crippen LogP) is 3.92. The number of hydrogen-bond acceptors (Lipinski definition) is 7. The van der Waals surface area contributed by atoms with Gasteiger partial charge in [0.25, 0.3) is 0 Å². The fourth-order valence-electron chi connectivity index (χ4n) is 4.62. The Hall–Kier alpha value is -3.05. The van der Waals surface area contributed by atoms with Gasteiger partial charge < -0.3 is 21.1 Å². The van der Waals surface area contributed by atoms with E-state index in [4.69, 9.17) is 22.1 Å². The van der Waals surface area contributed by atoms with Crippen LogP contribution >= 0.6 is 11.6 Å². The number of nitrogens with two attached hydrogens (primary N) is 1. The highest BCUT2D eigenvalue weighted by atomic mass is 35.5. The van der Waals surface area contributed by atoms with Crippen LogP contribution in [-0.2, 0) is 9.53 Å². The Labute approximate surface area is 199 Å². The van der Waals surface area contributed by atoms with Crippen LogP contribution < -0.4 is 16.4 Å². The molecule has 3 aromatic rings. The minimum absolute atomic E-state index is 0.0451. The molecule has 2 aromatic heterocycles. The van der Waals surface area contributed by atoms with Crippen molar-refractivity contribution >= 4 is 46.3 Å². The van der Waals surface area contributed by atoms with Crippen LogP contribution in [0.25, 0.3) is 11.2 Å². The Kier molecular flexibility index (Phi) is 6.22. The number of aromatic nitrogens is 4. The van der Waals surface area contributed by atoms with E-state index in [-0.39, 0.29) is 40.6 Å². The minimum atomic E-state index is -0.837. The zero-order valence-corrected chi connectivity index (χ0v) is 19.0. The summed E-state index contributed by atoms with van der Waals surface area (Å²) in [5, 5.41) is 6.01. The van der Waals surface area contributed by atoms with E-state index in [9.17, 15) is 13.6 Å². The average Bonchev–Trinajstić information content (AvgIpc) is 3.43. The van der Waals surface area contributed by atoms with E-state index in [1.54, 1.807) is 6.20 Å². The lowest BCUT2D eigenvalue weighted by molar-refractivity contribution is -0.122. The Morgan fingerprint density at radius 1 is 1.15 bits per heavy atom.